The standard InChI is InChI=1S/C13H17N3O/c1-10-15-8-12(7-14)16(10)9-11-5-3-4-6-13(11)17-2/h3-6,8H,7,9,14H2,1-2H3. The van der Waals surface area contributed by atoms with Gasteiger partial charge < -0.3 is 15.0 Å². The van der Waals surface area contributed by atoms with E-state index in [1.165, 1.54) is 0 Å². The number of hydrogen-bond donors (Lipinski definition) is 1. The summed E-state index contributed by atoms with van der Waals surface area (Å²) >= 11 is 0. The SMILES string of the molecule is COc1ccccc1Cn1c(CN)cnc1C. The molecule has 4 heteroatoms. The van der Waals surface area contributed by atoms with Crippen LogP contribution in [0.25, 0.3) is 0 Å². The maximum Gasteiger partial charge on any atom is 0.123 e. The number of aromatic nitrogens is 2. The first kappa shape index (κ1) is 11.7. The number of imidazole rings is 1. The number of para-hydroxylation sites is 1. The molecule has 0 radical (unpaired) electrons. The second kappa shape index (κ2) is 5.01. The van der Waals surface area contributed by atoms with Crippen LogP contribution in [0.1, 0.15) is 17.1 Å². The van der Waals surface area contributed by atoms with Crippen LogP contribution in [0.3, 0.4) is 0 Å². The molecule has 17 heavy (non-hydrogen) atoms. The van der Waals surface area contributed by atoms with Crippen molar-refractivity contribution in [2.75, 3.05) is 7.11 Å². The minimum atomic E-state index is 0.496. The van der Waals surface area contributed by atoms with Gasteiger partial charge in [0.15, 0.2) is 0 Å². The zero-order chi connectivity index (χ0) is 12.3. The van der Waals surface area contributed by atoms with Gasteiger partial charge in [0.25, 0.3) is 0 Å². The summed E-state index contributed by atoms with van der Waals surface area (Å²) in [6.45, 7) is 3.22. The van der Waals surface area contributed by atoms with E-state index in [4.69, 9.17) is 10.5 Å². The lowest BCUT2D eigenvalue weighted by Crippen LogP contribution is -2.10. The van der Waals surface area contributed by atoms with Gasteiger partial charge in [-0.1, -0.05) is 18.2 Å². The van der Waals surface area contributed by atoms with Gasteiger partial charge in [-0.3, -0.25) is 0 Å². The summed E-state index contributed by atoms with van der Waals surface area (Å²) in [4.78, 5) is 4.28. The second-order valence-electron chi connectivity index (χ2n) is 3.90. The molecule has 0 fully saturated rings. The van der Waals surface area contributed by atoms with Crippen molar-refractivity contribution in [1.29, 1.82) is 0 Å². The van der Waals surface area contributed by atoms with E-state index >= 15 is 0 Å². The fourth-order valence-electron chi connectivity index (χ4n) is 1.90. The highest BCUT2D eigenvalue weighted by molar-refractivity contribution is 5.33. The topological polar surface area (TPSA) is 53.1 Å². The summed E-state index contributed by atoms with van der Waals surface area (Å²) in [7, 11) is 1.68. The van der Waals surface area contributed by atoms with Crippen molar-refractivity contribution >= 4 is 0 Å². The fraction of sp³-hybridized carbons (Fsp3) is 0.308. The van der Waals surface area contributed by atoms with Crippen LogP contribution in [0.2, 0.25) is 0 Å². The van der Waals surface area contributed by atoms with Crippen LogP contribution < -0.4 is 10.5 Å². The van der Waals surface area contributed by atoms with Crippen LogP contribution >= 0.6 is 0 Å². The number of benzene rings is 1. The van der Waals surface area contributed by atoms with E-state index in [1.54, 1.807) is 7.11 Å². The summed E-state index contributed by atoms with van der Waals surface area (Å²) in [5.74, 6) is 1.86. The lowest BCUT2D eigenvalue weighted by molar-refractivity contribution is 0.408. The molecule has 2 aromatic rings. The zero-order valence-corrected chi connectivity index (χ0v) is 10.2. The van der Waals surface area contributed by atoms with E-state index in [1.807, 2.05) is 31.3 Å². The number of hydrogen-bond acceptors (Lipinski definition) is 3. The molecule has 2 N–H and O–H groups in total. The monoisotopic (exact) mass is 231 g/mol. The molecule has 1 heterocycles. The second-order valence-corrected chi connectivity index (χ2v) is 3.90. The summed E-state index contributed by atoms with van der Waals surface area (Å²) < 4.78 is 7.45. The number of methoxy groups -OCH3 is 1. The van der Waals surface area contributed by atoms with Gasteiger partial charge in [-0.25, -0.2) is 4.98 Å². The quantitative estimate of drug-likeness (QED) is 0.871. The maximum absolute atomic E-state index is 5.70. The van der Waals surface area contributed by atoms with Crippen molar-refractivity contribution < 1.29 is 4.74 Å². The van der Waals surface area contributed by atoms with Gasteiger partial charge in [0.1, 0.15) is 11.6 Å². The molecule has 0 aliphatic heterocycles. The van der Waals surface area contributed by atoms with Crippen LogP contribution in [0.4, 0.5) is 0 Å². The molecule has 0 unspecified atom stereocenters. The van der Waals surface area contributed by atoms with Gasteiger partial charge in [-0.15, -0.1) is 0 Å². The first-order valence-corrected chi connectivity index (χ1v) is 5.59. The number of rotatable bonds is 4. The summed E-state index contributed by atoms with van der Waals surface area (Å²) in [6, 6.07) is 7.99. The van der Waals surface area contributed by atoms with E-state index in [9.17, 15) is 0 Å². The Kier molecular flexibility index (Phi) is 3.44. The van der Waals surface area contributed by atoms with Gasteiger partial charge in [-0.2, -0.15) is 0 Å². The molecule has 1 aromatic carbocycles. The molecule has 0 aliphatic carbocycles. The first-order valence-electron chi connectivity index (χ1n) is 5.59. The Hall–Kier alpha value is -1.81. The Morgan fingerprint density at radius 3 is 2.82 bits per heavy atom. The molecular formula is C13H17N3O. The van der Waals surface area contributed by atoms with E-state index < -0.39 is 0 Å². The third kappa shape index (κ3) is 2.31. The minimum absolute atomic E-state index is 0.496. The van der Waals surface area contributed by atoms with Crippen LogP contribution in [0.15, 0.2) is 30.5 Å². The largest absolute Gasteiger partial charge is 0.496 e. The lowest BCUT2D eigenvalue weighted by atomic mass is 10.2. The highest BCUT2D eigenvalue weighted by Crippen LogP contribution is 2.19. The lowest BCUT2D eigenvalue weighted by Gasteiger charge is -2.12. The van der Waals surface area contributed by atoms with E-state index in [0.717, 1.165) is 29.4 Å². The highest BCUT2D eigenvalue weighted by atomic mass is 16.5. The molecule has 0 bridgehead atoms. The van der Waals surface area contributed by atoms with Gasteiger partial charge >= 0.3 is 0 Å². The van der Waals surface area contributed by atoms with Crippen LogP contribution in [0.5, 0.6) is 5.75 Å². The summed E-state index contributed by atoms with van der Waals surface area (Å²) in [5, 5.41) is 0. The third-order valence-electron chi connectivity index (χ3n) is 2.87. The maximum atomic E-state index is 5.70. The number of nitrogens with zero attached hydrogens (tertiary/aromatic N) is 2. The molecular weight excluding hydrogens is 214 g/mol. The third-order valence-corrected chi connectivity index (χ3v) is 2.87. The van der Waals surface area contributed by atoms with Crippen LogP contribution in [-0.4, -0.2) is 16.7 Å². The molecule has 0 aliphatic rings. The molecule has 0 spiro atoms. The van der Waals surface area contributed by atoms with Gasteiger partial charge in [0.05, 0.1) is 19.3 Å². The van der Waals surface area contributed by atoms with Crippen molar-refractivity contribution in [3.63, 3.8) is 0 Å². The van der Waals surface area contributed by atoms with E-state index in [2.05, 4.69) is 15.6 Å². The zero-order valence-electron chi connectivity index (χ0n) is 10.2. The fourth-order valence-corrected chi connectivity index (χ4v) is 1.90. The Balaban J connectivity index is 2.34. The Morgan fingerprint density at radius 1 is 1.35 bits per heavy atom. The summed E-state index contributed by atoms with van der Waals surface area (Å²) in [5.41, 5.74) is 7.86. The van der Waals surface area contributed by atoms with Gasteiger partial charge in [0.2, 0.25) is 0 Å². The molecule has 0 amide bonds. The number of ether oxygens (including phenoxy) is 1. The smallest absolute Gasteiger partial charge is 0.123 e. The van der Waals surface area contributed by atoms with Crippen molar-refractivity contribution in [3.05, 3.63) is 47.5 Å². The Labute approximate surface area is 101 Å². The molecule has 4 nitrogen and oxygen atoms in total. The predicted octanol–water partition coefficient (Wildman–Crippen LogP) is 1.71. The average molecular weight is 231 g/mol. The van der Waals surface area contributed by atoms with Crippen LogP contribution in [-0.2, 0) is 13.1 Å². The molecule has 90 valence electrons. The Bertz CT molecular complexity index is 505. The first-order chi connectivity index (χ1) is 8.26. The Morgan fingerprint density at radius 2 is 2.12 bits per heavy atom. The van der Waals surface area contributed by atoms with Crippen molar-refractivity contribution in [2.24, 2.45) is 5.73 Å². The molecule has 1 aromatic heterocycles. The molecule has 0 saturated heterocycles. The van der Waals surface area contributed by atoms with Crippen molar-refractivity contribution in [1.82, 2.24) is 9.55 Å². The normalized spacial score (nSPS) is 10.5. The predicted molar refractivity (Wildman–Crippen MR) is 67.0 cm³/mol. The molecule has 0 atom stereocenters. The minimum Gasteiger partial charge on any atom is -0.496 e. The summed E-state index contributed by atoms with van der Waals surface area (Å²) in [6.07, 6.45) is 1.82. The van der Waals surface area contributed by atoms with Gasteiger partial charge in [0, 0.05) is 18.3 Å². The van der Waals surface area contributed by atoms with Crippen molar-refractivity contribution in [3.8, 4) is 5.75 Å². The molecule has 2 rings (SSSR count). The van der Waals surface area contributed by atoms with E-state index in [0.29, 0.717) is 6.54 Å². The average Bonchev–Trinajstić information content (AvgIpc) is 2.71. The van der Waals surface area contributed by atoms with Crippen LogP contribution in [0, 0.1) is 6.92 Å². The number of aryl methyl sites for hydroxylation is 1. The van der Waals surface area contributed by atoms with Gasteiger partial charge in [-0.05, 0) is 13.0 Å². The number of nitrogens with two attached hydrogens (primary N) is 1. The van der Waals surface area contributed by atoms with E-state index in [-0.39, 0.29) is 0 Å². The highest BCUT2D eigenvalue weighted by Gasteiger charge is 2.08. The molecule has 0 saturated carbocycles. The van der Waals surface area contributed by atoms with Crippen molar-refractivity contribution in [2.45, 2.75) is 20.0 Å².